The summed E-state index contributed by atoms with van der Waals surface area (Å²) in [5.41, 5.74) is 0.588. The van der Waals surface area contributed by atoms with Crippen molar-refractivity contribution >= 4 is 11.6 Å². The van der Waals surface area contributed by atoms with E-state index in [4.69, 9.17) is 0 Å². The molecule has 1 saturated heterocycles. The summed E-state index contributed by atoms with van der Waals surface area (Å²) >= 11 is 0. The van der Waals surface area contributed by atoms with Gasteiger partial charge in [-0.05, 0) is 0 Å². The Kier molecular flexibility index (Phi) is 1.63. The molecule has 0 radical (unpaired) electrons. The van der Waals surface area contributed by atoms with E-state index in [1.165, 1.54) is 6.20 Å². The summed E-state index contributed by atoms with van der Waals surface area (Å²) in [4.78, 5) is 14.4. The molecule has 0 aromatic heterocycles. The zero-order valence-electron chi connectivity index (χ0n) is 5.05. The summed E-state index contributed by atoms with van der Waals surface area (Å²) in [6.45, 7) is 4.10. The van der Waals surface area contributed by atoms with Crippen molar-refractivity contribution in [3.05, 3.63) is 12.8 Å². The Morgan fingerprint density at radius 2 is 2.56 bits per heavy atom. The number of carbonyl (C=O) groups is 1. The minimum Gasteiger partial charge on any atom is -0.351 e. The first-order valence-electron chi connectivity index (χ1n) is 2.80. The standard InChI is InChI=1S/C6H8N2O/c1-2-7-5-3-4-8-6(5)9/h2H,1,3-4H2,(H,8,9). The second-order valence-electron chi connectivity index (χ2n) is 1.76. The molecule has 1 aliphatic rings. The van der Waals surface area contributed by atoms with Crippen molar-refractivity contribution in [2.75, 3.05) is 6.54 Å². The molecule has 1 amide bonds. The molecule has 1 heterocycles. The fraction of sp³-hybridized carbons (Fsp3) is 0.333. The van der Waals surface area contributed by atoms with Gasteiger partial charge in [-0.3, -0.25) is 9.79 Å². The number of hydrogen-bond acceptors (Lipinski definition) is 2. The Morgan fingerprint density at radius 3 is 3.00 bits per heavy atom. The van der Waals surface area contributed by atoms with E-state index in [0.717, 1.165) is 6.42 Å². The molecule has 1 aliphatic heterocycles. The van der Waals surface area contributed by atoms with E-state index in [2.05, 4.69) is 16.9 Å². The molecule has 0 aromatic carbocycles. The first-order chi connectivity index (χ1) is 4.34. The van der Waals surface area contributed by atoms with Gasteiger partial charge in [0.15, 0.2) is 0 Å². The molecule has 0 bridgehead atoms. The largest absolute Gasteiger partial charge is 0.351 e. The SMILES string of the molecule is C=CN=C1CCNC1=O. The number of nitrogens with zero attached hydrogens (tertiary/aromatic N) is 1. The fourth-order valence-corrected chi connectivity index (χ4v) is 0.743. The Bertz CT molecular complexity index is 172. The van der Waals surface area contributed by atoms with Crippen LogP contribution in [0, 0.1) is 0 Å². The third kappa shape index (κ3) is 1.16. The van der Waals surface area contributed by atoms with Gasteiger partial charge in [0.2, 0.25) is 0 Å². The van der Waals surface area contributed by atoms with E-state index < -0.39 is 0 Å². The molecule has 1 fully saturated rings. The molecule has 1 rings (SSSR count). The van der Waals surface area contributed by atoms with Gasteiger partial charge < -0.3 is 5.32 Å². The molecule has 0 saturated carbocycles. The van der Waals surface area contributed by atoms with E-state index in [1.54, 1.807) is 0 Å². The number of nitrogens with one attached hydrogen (secondary N) is 1. The van der Waals surface area contributed by atoms with Crippen LogP contribution in [0.3, 0.4) is 0 Å². The smallest absolute Gasteiger partial charge is 0.265 e. The van der Waals surface area contributed by atoms with Gasteiger partial charge in [0.25, 0.3) is 5.91 Å². The maximum absolute atomic E-state index is 10.7. The Hall–Kier alpha value is -1.12. The average Bonchev–Trinajstić information content (AvgIpc) is 2.18. The second-order valence-corrected chi connectivity index (χ2v) is 1.76. The van der Waals surface area contributed by atoms with Crippen LogP contribution in [0.2, 0.25) is 0 Å². The third-order valence-corrected chi connectivity index (χ3v) is 1.16. The summed E-state index contributed by atoms with van der Waals surface area (Å²) in [7, 11) is 0. The van der Waals surface area contributed by atoms with Crippen LogP contribution in [-0.2, 0) is 4.79 Å². The van der Waals surface area contributed by atoms with Crippen molar-refractivity contribution in [1.82, 2.24) is 5.32 Å². The van der Waals surface area contributed by atoms with Crippen LogP contribution in [-0.4, -0.2) is 18.2 Å². The molecule has 0 unspecified atom stereocenters. The van der Waals surface area contributed by atoms with Gasteiger partial charge in [-0.1, -0.05) is 6.58 Å². The molecular weight excluding hydrogens is 116 g/mol. The van der Waals surface area contributed by atoms with Crippen LogP contribution in [0.4, 0.5) is 0 Å². The highest BCUT2D eigenvalue weighted by Crippen LogP contribution is 1.94. The maximum Gasteiger partial charge on any atom is 0.265 e. The van der Waals surface area contributed by atoms with Crippen LogP contribution < -0.4 is 5.32 Å². The van der Waals surface area contributed by atoms with E-state index in [-0.39, 0.29) is 5.91 Å². The zero-order chi connectivity index (χ0) is 6.69. The van der Waals surface area contributed by atoms with Crippen LogP contribution in [0.5, 0.6) is 0 Å². The van der Waals surface area contributed by atoms with Crippen molar-refractivity contribution in [2.24, 2.45) is 4.99 Å². The predicted octanol–water partition coefficient (Wildman–Crippen LogP) is 0.0908. The summed E-state index contributed by atoms with van der Waals surface area (Å²) in [5, 5.41) is 2.64. The summed E-state index contributed by atoms with van der Waals surface area (Å²) in [6, 6.07) is 0. The first kappa shape index (κ1) is 6.01. The number of amides is 1. The van der Waals surface area contributed by atoms with E-state index >= 15 is 0 Å². The van der Waals surface area contributed by atoms with Gasteiger partial charge in [-0.15, -0.1) is 0 Å². The number of aliphatic imine (C=N–C) groups is 1. The predicted molar refractivity (Wildman–Crippen MR) is 35.3 cm³/mol. The molecular formula is C6H8N2O. The third-order valence-electron chi connectivity index (χ3n) is 1.16. The molecule has 1 N–H and O–H groups in total. The summed E-state index contributed by atoms with van der Waals surface area (Å²) in [6.07, 6.45) is 2.12. The number of carbonyl (C=O) groups excluding carboxylic acids is 1. The Labute approximate surface area is 53.5 Å². The molecule has 3 heteroatoms. The molecule has 0 aromatic rings. The Morgan fingerprint density at radius 1 is 1.78 bits per heavy atom. The van der Waals surface area contributed by atoms with E-state index in [9.17, 15) is 4.79 Å². The highest BCUT2D eigenvalue weighted by atomic mass is 16.2. The highest BCUT2D eigenvalue weighted by molar-refractivity contribution is 6.40. The highest BCUT2D eigenvalue weighted by Gasteiger charge is 2.16. The van der Waals surface area contributed by atoms with E-state index in [1.807, 2.05) is 0 Å². The van der Waals surface area contributed by atoms with Crippen molar-refractivity contribution in [1.29, 1.82) is 0 Å². The van der Waals surface area contributed by atoms with Gasteiger partial charge in [0.1, 0.15) is 5.71 Å². The first-order valence-corrected chi connectivity index (χ1v) is 2.80. The lowest BCUT2D eigenvalue weighted by atomic mass is 10.3. The average molecular weight is 124 g/mol. The summed E-state index contributed by atoms with van der Waals surface area (Å²) < 4.78 is 0. The van der Waals surface area contributed by atoms with Gasteiger partial charge in [-0.2, -0.15) is 0 Å². The lowest BCUT2D eigenvalue weighted by Gasteiger charge is -1.85. The van der Waals surface area contributed by atoms with Crippen molar-refractivity contribution in [3.63, 3.8) is 0 Å². The molecule has 0 atom stereocenters. The lowest BCUT2D eigenvalue weighted by Crippen LogP contribution is -2.18. The molecule has 0 aliphatic carbocycles. The van der Waals surface area contributed by atoms with Gasteiger partial charge >= 0.3 is 0 Å². The minimum absolute atomic E-state index is 0.0603. The quantitative estimate of drug-likeness (QED) is 0.529. The number of hydrogen-bond donors (Lipinski definition) is 1. The topological polar surface area (TPSA) is 41.5 Å². The zero-order valence-corrected chi connectivity index (χ0v) is 5.05. The summed E-state index contributed by atoms with van der Waals surface area (Å²) in [5.74, 6) is -0.0603. The van der Waals surface area contributed by atoms with Crippen LogP contribution in [0.25, 0.3) is 0 Å². The van der Waals surface area contributed by atoms with Crippen molar-refractivity contribution < 1.29 is 4.79 Å². The lowest BCUT2D eigenvalue weighted by molar-refractivity contribution is -0.113. The van der Waals surface area contributed by atoms with Crippen LogP contribution in [0.15, 0.2) is 17.8 Å². The van der Waals surface area contributed by atoms with Crippen molar-refractivity contribution in [3.8, 4) is 0 Å². The van der Waals surface area contributed by atoms with Crippen LogP contribution >= 0.6 is 0 Å². The van der Waals surface area contributed by atoms with Gasteiger partial charge in [0.05, 0.1) is 0 Å². The van der Waals surface area contributed by atoms with Gasteiger partial charge in [-0.25, -0.2) is 0 Å². The monoisotopic (exact) mass is 124 g/mol. The van der Waals surface area contributed by atoms with Crippen molar-refractivity contribution in [2.45, 2.75) is 6.42 Å². The number of rotatable bonds is 1. The fourth-order valence-electron chi connectivity index (χ4n) is 0.743. The maximum atomic E-state index is 10.7. The normalized spacial score (nSPS) is 22.2. The molecule has 9 heavy (non-hydrogen) atoms. The Balaban J connectivity index is 2.69. The van der Waals surface area contributed by atoms with Crippen LogP contribution in [0.1, 0.15) is 6.42 Å². The second kappa shape index (κ2) is 2.44. The minimum atomic E-state index is -0.0603. The molecule has 0 spiro atoms. The molecule has 48 valence electrons. The molecule has 3 nitrogen and oxygen atoms in total. The van der Waals surface area contributed by atoms with E-state index in [0.29, 0.717) is 12.3 Å². The van der Waals surface area contributed by atoms with Gasteiger partial charge in [0, 0.05) is 19.2 Å².